The third-order valence-corrected chi connectivity index (χ3v) is 4.89. The van der Waals surface area contributed by atoms with Crippen molar-refractivity contribution < 1.29 is 13.2 Å². The zero-order chi connectivity index (χ0) is 14.6. The monoisotopic (exact) mass is 298 g/mol. The Hall–Kier alpha value is -1.11. The molecule has 0 aliphatic carbocycles. The molecule has 0 amide bonds. The van der Waals surface area contributed by atoms with Crippen LogP contribution in [0.3, 0.4) is 0 Å². The number of benzene rings is 1. The van der Waals surface area contributed by atoms with Crippen LogP contribution in [0.25, 0.3) is 0 Å². The Bertz CT molecular complexity index is 551. The molecule has 5 nitrogen and oxygen atoms in total. The van der Waals surface area contributed by atoms with Crippen LogP contribution in [0.5, 0.6) is 0 Å². The molecule has 1 aliphatic rings. The summed E-state index contributed by atoms with van der Waals surface area (Å²) in [4.78, 5) is 0.293. The first-order valence-electron chi connectivity index (χ1n) is 6.91. The maximum Gasteiger partial charge on any atom is 0.242 e. The van der Waals surface area contributed by atoms with E-state index >= 15 is 0 Å². The lowest BCUT2D eigenvalue weighted by molar-refractivity contribution is 0.185. The maximum atomic E-state index is 12.3. The minimum atomic E-state index is -3.47. The second-order valence-electron chi connectivity index (χ2n) is 5.38. The van der Waals surface area contributed by atoms with Crippen LogP contribution in [-0.4, -0.2) is 33.7 Å². The highest BCUT2D eigenvalue weighted by Gasteiger charge is 2.31. The van der Waals surface area contributed by atoms with Gasteiger partial charge in [0.25, 0.3) is 0 Å². The average molecular weight is 298 g/mol. The van der Waals surface area contributed by atoms with E-state index in [1.165, 1.54) is 0 Å². The van der Waals surface area contributed by atoms with E-state index in [1.54, 1.807) is 18.2 Å². The normalized spacial score (nSPS) is 22.9. The molecule has 1 saturated heterocycles. The maximum absolute atomic E-state index is 12.3. The van der Waals surface area contributed by atoms with Crippen molar-refractivity contribution in [2.24, 2.45) is 0 Å². The van der Waals surface area contributed by atoms with E-state index < -0.39 is 10.0 Å². The van der Waals surface area contributed by atoms with E-state index in [4.69, 9.17) is 4.74 Å². The van der Waals surface area contributed by atoms with Crippen LogP contribution in [0.4, 0.5) is 5.69 Å². The van der Waals surface area contributed by atoms with Crippen LogP contribution in [0.15, 0.2) is 29.2 Å². The molecular weight excluding hydrogens is 276 g/mol. The van der Waals surface area contributed by atoms with Gasteiger partial charge in [-0.25, -0.2) is 13.1 Å². The molecule has 0 spiro atoms. The number of hydrogen-bond acceptors (Lipinski definition) is 4. The highest BCUT2D eigenvalue weighted by atomic mass is 32.2. The van der Waals surface area contributed by atoms with Crippen LogP contribution in [0.2, 0.25) is 0 Å². The average Bonchev–Trinajstić information content (AvgIpc) is 2.83. The van der Waals surface area contributed by atoms with Gasteiger partial charge in [-0.3, -0.25) is 0 Å². The predicted molar refractivity (Wildman–Crippen MR) is 79.4 cm³/mol. The number of ether oxygens (including phenoxy) is 1. The summed E-state index contributed by atoms with van der Waals surface area (Å²) in [6.45, 7) is 5.71. The molecule has 0 radical (unpaired) electrons. The first-order chi connectivity index (χ1) is 9.47. The molecule has 1 fully saturated rings. The second-order valence-corrected chi connectivity index (χ2v) is 7.12. The van der Waals surface area contributed by atoms with Gasteiger partial charge < -0.3 is 10.1 Å². The number of nitrogens with one attached hydrogen (secondary N) is 2. The van der Waals surface area contributed by atoms with Gasteiger partial charge in [0, 0.05) is 13.2 Å². The molecule has 1 aromatic rings. The predicted octanol–water partition coefficient (Wildman–Crippen LogP) is 1.97. The SMILES string of the molecule is CCCNS(=O)(=O)c1ccccc1NC1(C)CCOC1. The van der Waals surface area contributed by atoms with E-state index in [-0.39, 0.29) is 5.54 Å². The third kappa shape index (κ3) is 3.50. The Morgan fingerprint density at radius 3 is 2.75 bits per heavy atom. The number of para-hydroxylation sites is 1. The molecule has 1 atom stereocenters. The molecule has 0 saturated carbocycles. The molecule has 0 aromatic heterocycles. The van der Waals surface area contributed by atoms with E-state index in [0.717, 1.165) is 12.8 Å². The molecule has 0 bridgehead atoms. The topological polar surface area (TPSA) is 67.4 Å². The van der Waals surface area contributed by atoms with Gasteiger partial charge in [0.15, 0.2) is 0 Å². The van der Waals surface area contributed by atoms with Crippen molar-refractivity contribution in [2.45, 2.75) is 37.1 Å². The van der Waals surface area contributed by atoms with Gasteiger partial charge in [-0.1, -0.05) is 19.1 Å². The quantitative estimate of drug-likeness (QED) is 0.842. The first-order valence-corrected chi connectivity index (χ1v) is 8.40. The molecule has 6 heteroatoms. The van der Waals surface area contributed by atoms with Gasteiger partial charge in [0.1, 0.15) is 4.90 Å². The van der Waals surface area contributed by atoms with Crippen molar-refractivity contribution >= 4 is 15.7 Å². The van der Waals surface area contributed by atoms with Crippen molar-refractivity contribution in [3.63, 3.8) is 0 Å². The van der Waals surface area contributed by atoms with Crippen LogP contribution < -0.4 is 10.0 Å². The number of rotatable bonds is 6. The minimum Gasteiger partial charge on any atom is -0.379 e. The summed E-state index contributed by atoms with van der Waals surface area (Å²) < 4.78 is 32.6. The lowest BCUT2D eigenvalue weighted by Crippen LogP contribution is -2.36. The van der Waals surface area contributed by atoms with Gasteiger partial charge in [0.2, 0.25) is 10.0 Å². The van der Waals surface area contributed by atoms with Gasteiger partial charge in [-0.2, -0.15) is 0 Å². The minimum absolute atomic E-state index is 0.212. The van der Waals surface area contributed by atoms with E-state index in [1.807, 2.05) is 19.9 Å². The Labute approximate surface area is 120 Å². The smallest absolute Gasteiger partial charge is 0.242 e. The van der Waals surface area contributed by atoms with Gasteiger partial charge in [-0.05, 0) is 31.9 Å². The van der Waals surface area contributed by atoms with Crippen LogP contribution in [-0.2, 0) is 14.8 Å². The van der Waals surface area contributed by atoms with Crippen molar-refractivity contribution in [3.8, 4) is 0 Å². The van der Waals surface area contributed by atoms with Crippen molar-refractivity contribution in [3.05, 3.63) is 24.3 Å². The molecule has 112 valence electrons. The second kappa shape index (κ2) is 6.11. The van der Waals surface area contributed by atoms with Gasteiger partial charge >= 0.3 is 0 Å². The molecule has 1 heterocycles. The van der Waals surface area contributed by atoms with Crippen molar-refractivity contribution in [2.75, 3.05) is 25.1 Å². The van der Waals surface area contributed by atoms with Gasteiger partial charge in [0.05, 0.1) is 17.8 Å². The lowest BCUT2D eigenvalue weighted by Gasteiger charge is -2.26. The Morgan fingerprint density at radius 2 is 2.10 bits per heavy atom. The van der Waals surface area contributed by atoms with E-state index in [2.05, 4.69) is 10.0 Å². The summed E-state index contributed by atoms with van der Waals surface area (Å²) >= 11 is 0. The Kier molecular flexibility index (Phi) is 4.67. The molecule has 2 rings (SSSR count). The zero-order valence-corrected chi connectivity index (χ0v) is 12.8. The summed E-state index contributed by atoms with van der Waals surface area (Å²) in [6.07, 6.45) is 1.63. The summed E-state index contributed by atoms with van der Waals surface area (Å²) in [6, 6.07) is 6.99. The van der Waals surface area contributed by atoms with Crippen LogP contribution >= 0.6 is 0 Å². The highest BCUT2D eigenvalue weighted by molar-refractivity contribution is 7.89. The van der Waals surface area contributed by atoms with E-state index in [9.17, 15) is 8.42 Å². The summed E-state index contributed by atoms with van der Waals surface area (Å²) in [5.74, 6) is 0. The fraction of sp³-hybridized carbons (Fsp3) is 0.571. The van der Waals surface area contributed by atoms with Crippen LogP contribution in [0.1, 0.15) is 26.7 Å². The Morgan fingerprint density at radius 1 is 1.35 bits per heavy atom. The fourth-order valence-electron chi connectivity index (χ4n) is 2.21. The third-order valence-electron chi connectivity index (χ3n) is 3.37. The summed E-state index contributed by atoms with van der Waals surface area (Å²) in [5.41, 5.74) is 0.417. The van der Waals surface area contributed by atoms with Crippen LogP contribution in [0, 0.1) is 0 Å². The highest BCUT2D eigenvalue weighted by Crippen LogP contribution is 2.28. The lowest BCUT2D eigenvalue weighted by atomic mass is 10.0. The molecule has 2 N–H and O–H groups in total. The Balaban J connectivity index is 2.26. The molecule has 1 aromatic carbocycles. The standard InChI is InChI=1S/C14H22N2O3S/c1-3-9-15-20(17,18)13-7-5-4-6-12(13)16-14(2)8-10-19-11-14/h4-7,15-16H,3,8-11H2,1-2H3. The zero-order valence-electron chi connectivity index (χ0n) is 12.0. The number of anilines is 1. The van der Waals surface area contributed by atoms with Crippen molar-refractivity contribution in [1.82, 2.24) is 4.72 Å². The van der Waals surface area contributed by atoms with Crippen molar-refractivity contribution in [1.29, 1.82) is 0 Å². The largest absolute Gasteiger partial charge is 0.379 e. The van der Waals surface area contributed by atoms with Gasteiger partial charge in [-0.15, -0.1) is 0 Å². The summed E-state index contributed by atoms with van der Waals surface area (Å²) in [7, 11) is -3.47. The first kappa shape index (κ1) is 15.3. The number of hydrogen-bond donors (Lipinski definition) is 2. The molecule has 1 aliphatic heterocycles. The molecule has 20 heavy (non-hydrogen) atoms. The molecular formula is C14H22N2O3S. The fourth-order valence-corrected chi connectivity index (χ4v) is 3.50. The number of sulfonamides is 1. The summed E-state index contributed by atoms with van der Waals surface area (Å²) in [5, 5.41) is 3.32. The molecule has 1 unspecified atom stereocenters. The van der Waals surface area contributed by atoms with E-state index in [0.29, 0.717) is 30.3 Å².